The number of hydrogen-bond donors (Lipinski definition) is 1. The van der Waals surface area contributed by atoms with Gasteiger partial charge in [0.05, 0.1) is 11.5 Å². The van der Waals surface area contributed by atoms with E-state index in [1.807, 2.05) is 13.1 Å². The molecule has 2 rings (SSSR count). The number of rotatable bonds is 6. The summed E-state index contributed by atoms with van der Waals surface area (Å²) in [5.74, 6) is 0.681. The molecule has 1 fully saturated rings. The largest absolute Gasteiger partial charge is 0.393 e. The predicted molar refractivity (Wildman–Crippen MR) is 89.3 cm³/mol. The number of nitrogens with zero attached hydrogens (tertiary/aromatic N) is 2. The van der Waals surface area contributed by atoms with E-state index < -0.39 is 0 Å². The molecule has 0 radical (unpaired) electrons. The number of thiocarbonyl (C=S) groups is 1. The van der Waals surface area contributed by atoms with Gasteiger partial charge in [-0.2, -0.15) is 0 Å². The second kappa shape index (κ2) is 7.52. The molecule has 0 aliphatic carbocycles. The zero-order valence-electron chi connectivity index (χ0n) is 12.5. The molecule has 1 unspecified atom stereocenters. The topological polar surface area (TPSA) is 49.6 Å². The van der Waals surface area contributed by atoms with E-state index in [4.69, 9.17) is 18.0 Å². The van der Waals surface area contributed by atoms with Crippen LogP contribution in [0.2, 0.25) is 0 Å². The van der Waals surface area contributed by atoms with Crippen molar-refractivity contribution in [2.45, 2.75) is 18.8 Å². The average Bonchev–Trinajstić information content (AvgIpc) is 2.94. The molecule has 0 aromatic heterocycles. The smallest absolute Gasteiger partial charge is 0.236 e. The van der Waals surface area contributed by atoms with E-state index in [0.717, 1.165) is 19.5 Å². The van der Waals surface area contributed by atoms with Crippen molar-refractivity contribution < 1.29 is 4.79 Å². The standard InChI is InChI=1S/C16H23N3OS/c1-18(9-8-15(17)21)16(20)12-19-10-7-14(11-19)13-5-3-2-4-6-13/h2-6,14H,7-12H2,1H3,(H2,17,21). The second-order valence-electron chi connectivity index (χ2n) is 5.66. The van der Waals surface area contributed by atoms with Gasteiger partial charge in [0.15, 0.2) is 0 Å². The molecule has 1 atom stereocenters. The third-order valence-electron chi connectivity index (χ3n) is 4.02. The molecule has 5 heteroatoms. The fourth-order valence-corrected chi connectivity index (χ4v) is 2.78. The monoisotopic (exact) mass is 305 g/mol. The van der Waals surface area contributed by atoms with Gasteiger partial charge in [0.25, 0.3) is 0 Å². The van der Waals surface area contributed by atoms with Crippen LogP contribution in [-0.2, 0) is 4.79 Å². The molecule has 0 spiro atoms. The second-order valence-corrected chi connectivity index (χ2v) is 6.19. The van der Waals surface area contributed by atoms with E-state index in [2.05, 4.69) is 29.2 Å². The molecule has 0 saturated carbocycles. The van der Waals surface area contributed by atoms with Crippen LogP contribution in [0.15, 0.2) is 30.3 Å². The molecule has 1 saturated heterocycles. The van der Waals surface area contributed by atoms with E-state index in [-0.39, 0.29) is 5.91 Å². The first-order chi connectivity index (χ1) is 10.1. The normalized spacial score (nSPS) is 18.6. The molecule has 21 heavy (non-hydrogen) atoms. The molecule has 1 amide bonds. The Morgan fingerprint density at radius 3 is 2.81 bits per heavy atom. The highest BCUT2D eigenvalue weighted by Crippen LogP contribution is 2.26. The highest BCUT2D eigenvalue weighted by Gasteiger charge is 2.25. The SMILES string of the molecule is CN(CCC(N)=S)C(=O)CN1CCC(c2ccccc2)C1. The van der Waals surface area contributed by atoms with Gasteiger partial charge in [0, 0.05) is 26.6 Å². The Kier molecular flexibility index (Phi) is 5.70. The summed E-state index contributed by atoms with van der Waals surface area (Å²) in [6, 6.07) is 10.5. The quantitative estimate of drug-likeness (QED) is 0.811. The van der Waals surface area contributed by atoms with Crippen molar-refractivity contribution in [1.29, 1.82) is 0 Å². The zero-order valence-corrected chi connectivity index (χ0v) is 13.3. The molecular formula is C16H23N3OS. The highest BCUT2D eigenvalue weighted by atomic mass is 32.1. The lowest BCUT2D eigenvalue weighted by atomic mass is 9.99. The van der Waals surface area contributed by atoms with Gasteiger partial charge in [-0.1, -0.05) is 42.5 Å². The van der Waals surface area contributed by atoms with Crippen LogP contribution >= 0.6 is 12.2 Å². The Morgan fingerprint density at radius 1 is 1.43 bits per heavy atom. The highest BCUT2D eigenvalue weighted by molar-refractivity contribution is 7.80. The summed E-state index contributed by atoms with van der Waals surface area (Å²) >= 11 is 4.84. The lowest BCUT2D eigenvalue weighted by Gasteiger charge is -2.21. The zero-order chi connectivity index (χ0) is 15.2. The van der Waals surface area contributed by atoms with Crippen LogP contribution in [0.5, 0.6) is 0 Å². The number of benzene rings is 1. The minimum Gasteiger partial charge on any atom is -0.393 e. The maximum absolute atomic E-state index is 12.2. The minimum atomic E-state index is 0.139. The summed E-state index contributed by atoms with van der Waals surface area (Å²) in [6.45, 7) is 3.02. The fraction of sp³-hybridized carbons (Fsp3) is 0.500. The predicted octanol–water partition coefficient (Wildman–Crippen LogP) is 1.61. The van der Waals surface area contributed by atoms with Gasteiger partial charge in [-0.15, -0.1) is 0 Å². The van der Waals surface area contributed by atoms with Crippen molar-refractivity contribution >= 4 is 23.1 Å². The lowest BCUT2D eigenvalue weighted by molar-refractivity contribution is -0.130. The van der Waals surface area contributed by atoms with Crippen LogP contribution in [0.4, 0.5) is 0 Å². The number of amides is 1. The van der Waals surface area contributed by atoms with Gasteiger partial charge >= 0.3 is 0 Å². The maximum atomic E-state index is 12.2. The molecule has 1 aromatic rings. The lowest BCUT2D eigenvalue weighted by Crippen LogP contribution is -2.38. The van der Waals surface area contributed by atoms with E-state index >= 15 is 0 Å². The first kappa shape index (κ1) is 15.9. The third-order valence-corrected chi connectivity index (χ3v) is 4.23. The number of carbonyl (C=O) groups excluding carboxylic acids is 1. The molecule has 4 nitrogen and oxygen atoms in total. The Bertz CT molecular complexity index is 492. The van der Waals surface area contributed by atoms with Gasteiger partial charge in [-0.25, -0.2) is 0 Å². The molecule has 1 aliphatic heterocycles. The van der Waals surface area contributed by atoms with Crippen LogP contribution in [0.3, 0.4) is 0 Å². The van der Waals surface area contributed by atoms with Crippen molar-refractivity contribution in [1.82, 2.24) is 9.80 Å². The summed E-state index contributed by atoms with van der Waals surface area (Å²) in [6.07, 6.45) is 1.71. The van der Waals surface area contributed by atoms with E-state index in [9.17, 15) is 4.79 Å². The molecule has 2 N–H and O–H groups in total. The van der Waals surface area contributed by atoms with E-state index in [1.165, 1.54) is 5.56 Å². The third kappa shape index (κ3) is 4.79. The number of hydrogen-bond acceptors (Lipinski definition) is 3. The van der Waals surface area contributed by atoms with Gasteiger partial charge in [0.1, 0.15) is 0 Å². The molecule has 1 aliphatic rings. The van der Waals surface area contributed by atoms with Crippen molar-refractivity contribution in [3.05, 3.63) is 35.9 Å². The summed E-state index contributed by atoms with van der Waals surface area (Å²) in [5.41, 5.74) is 6.84. The molecule has 1 aromatic carbocycles. The Morgan fingerprint density at radius 2 is 2.14 bits per heavy atom. The summed E-state index contributed by atoms with van der Waals surface area (Å²) in [7, 11) is 1.81. The van der Waals surface area contributed by atoms with Crippen molar-refractivity contribution in [2.75, 3.05) is 33.2 Å². The van der Waals surface area contributed by atoms with Gasteiger partial charge in [-0.3, -0.25) is 9.69 Å². The number of nitrogens with two attached hydrogens (primary N) is 1. The summed E-state index contributed by atoms with van der Waals surface area (Å²) in [5, 5.41) is 0. The Hall–Kier alpha value is -1.46. The number of likely N-dealkylation sites (N-methyl/N-ethyl adjacent to an activating group) is 1. The first-order valence-electron chi connectivity index (χ1n) is 7.36. The van der Waals surface area contributed by atoms with Crippen molar-refractivity contribution in [3.8, 4) is 0 Å². The Labute approximate surface area is 131 Å². The Balaban J connectivity index is 1.79. The van der Waals surface area contributed by atoms with Crippen LogP contribution in [0, 0.1) is 0 Å². The van der Waals surface area contributed by atoms with Gasteiger partial charge in [-0.05, 0) is 24.4 Å². The summed E-state index contributed by atoms with van der Waals surface area (Å²) in [4.78, 5) is 16.6. The molecule has 114 valence electrons. The van der Waals surface area contributed by atoms with E-state index in [0.29, 0.717) is 30.4 Å². The minimum absolute atomic E-state index is 0.139. The molecular weight excluding hydrogens is 282 g/mol. The van der Waals surface area contributed by atoms with Crippen LogP contribution in [0.1, 0.15) is 24.3 Å². The molecule has 1 heterocycles. The first-order valence-corrected chi connectivity index (χ1v) is 7.76. The van der Waals surface area contributed by atoms with Crippen LogP contribution in [-0.4, -0.2) is 53.9 Å². The van der Waals surface area contributed by atoms with Gasteiger partial charge in [0.2, 0.25) is 5.91 Å². The number of carbonyl (C=O) groups is 1. The summed E-state index contributed by atoms with van der Waals surface area (Å²) < 4.78 is 0. The average molecular weight is 305 g/mol. The fourth-order valence-electron chi connectivity index (χ4n) is 2.69. The number of likely N-dealkylation sites (tertiary alicyclic amines) is 1. The van der Waals surface area contributed by atoms with Crippen molar-refractivity contribution in [3.63, 3.8) is 0 Å². The van der Waals surface area contributed by atoms with E-state index in [1.54, 1.807) is 4.90 Å². The van der Waals surface area contributed by atoms with Crippen LogP contribution < -0.4 is 5.73 Å². The van der Waals surface area contributed by atoms with Crippen LogP contribution in [0.25, 0.3) is 0 Å². The molecule has 0 bridgehead atoms. The maximum Gasteiger partial charge on any atom is 0.236 e. The van der Waals surface area contributed by atoms with Crippen molar-refractivity contribution in [2.24, 2.45) is 5.73 Å². The van der Waals surface area contributed by atoms with Gasteiger partial charge < -0.3 is 10.6 Å².